The summed E-state index contributed by atoms with van der Waals surface area (Å²) in [5.41, 5.74) is 1.07. The van der Waals surface area contributed by atoms with Gasteiger partial charge >= 0.3 is 0 Å². The van der Waals surface area contributed by atoms with E-state index in [9.17, 15) is 4.79 Å². The zero-order valence-corrected chi connectivity index (χ0v) is 13.9. The fourth-order valence-electron chi connectivity index (χ4n) is 3.01. The van der Waals surface area contributed by atoms with Gasteiger partial charge in [0.25, 0.3) is 0 Å². The predicted molar refractivity (Wildman–Crippen MR) is 95.1 cm³/mol. The second-order valence-electron chi connectivity index (χ2n) is 6.11. The van der Waals surface area contributed by atoms with E-state index in [4.69, 9.17) is 4.74 Å². The lowest BCUT2D eigenvalue weighted by atomic mass is 10.1. The average molecular weight is 328 g/mol. The van der Waals surface area contributed by atoms with Crippen LogP contribution < -0.4 is 16.0 Å². The van der Waals surface area contributed by atoms with Crippen molar-refractivity contribution in [3.63, 3.8) is 0 Å². The Balaban J connectivity index is 1.50. The number of carbonyl (C=O) groups excluding carboxylic acids is 1. The zero-order chi connectivity index (χ0) is 16.8. The maximum absolute atomic E-state index is 12.1. The van der Waals surface area contributed by atoms with E-state index in [0.29, 0.717) is 13.2 Å². The minimum atomic E-state index is -0.130. The Morgan fingerprint density at radius 1 is 1.38 bits per heavy atom. The smallest absolute Gasteiger partial charge is 0.237 e. The maximum atomic E-state index is 12.1. The molecule has 6 nitrogen and oxygen atoms in total. The molecular formula is C18H24N4O2. The van der Waals surface area contributed by atoms with Crippen LogP contribution in [0, 0.1) is 0 Å². The summed E-state index contributed by atoms with van der Waals surface area (Å²) < 4.78 is 4.98. The van der Waals surface area contributed by atoms with Crippen molar-refractivity contribution < 1.29 is 9.53 Å². The molecule has 1 saturated heterocycles. The number of anilines is 1. The molecule has 2 atom stereocenters. The van der Waals surface area contributed by atoms with E-state index in [0.717, 1.165) is 35.8 Å². The van der Waals surface area contributed by atoms with Crippen LogP contribution in [-0.4, -0.2) is 49.8 Å². The van der Waals surface area contributed by atoms with Crippen LogP contribution in [0.25, 0.3) is 10.8 Å². The molecule has 2 unspecified atom stereocenters. The molecule has 0 aliphatic carbocycles. The molecule has 3 rings (SSSR count). The summed E-state index contributed by atoms with van der Waals surface area (Å²) in [6, 6.07) is 8.36. The Labute approximate surface area is 142 Å². The van der Waals surface area contributed by atoms with Gasteiger partial charge in [-0.05, 0) is 36.4 Å². The summed E-state index contributed by atoms with van der Waals surface area (Å²) in [7, 11) is 1.67. The molecule has 24 heavy (non-hydrogen) atoms. The summed E-state index contributed by atoms with van der Waals surface area (Å²) in [5, 5.41) is 12.0. The van der Waals surface area contributed by atoms with Crippen molar-refractivity contribution >= 4 is 22.4 Å². The van der Waals surface area contributed by atoms with Crippen LogP contribution in [0.5, 0.6) is 0 Å². The molecule has 1 aliphatic rings. The van der Waals surface area contributed by atoms with Crippen LogP contribution in [-0.2, 0) is 9.53 Å². The molecule has 0 saturated carbocycles. The van der Waals surface area contributed by atoms with Crippen molar-refractivity contribution in [2.45, 2.75) is 24.9 Å². The van der Waals surface area contributed by atoms with Crippen LogP contribution >= 0.6 is 0 Å². The third-order valence-electron chi connectivity index (χ3n) is 4.28. The lowest BCUT2D eigenvalue weighted by Crippen LogP contribution is -2.40. The van der Waals surface area contributed by atoms with Gasteiger partial charge in [-0.25, -0.2) is 0 Å². The second-order valence-corrected chi connectivity index (χ2v) is 6.11. The number of rotatable bonds is 7. The van der Waals surface area contributed by atoms with Crippen molar-refractivity contribution in [2.75, 3.05) is 32.1 Å². The van der Waals surface area contributed by atoms with Gasteiger partial charge in [0.15, 0.2) is 0 Å². The standard InChI is InChI=1S/C18H24N4O2/c1-24-8-2-6-20-18(23)17-10-16(12-21-17)22-15-4-3-14-11-19-7-5-13(14)9-15/h3-5,7,9,11,16-17,21-22H,2,6,8,10,12H2,1H3,(H,20,23). The van der Waals surface area contributed by atoms with E-state index in [1.54, 1.807) is 13.3 Å². The van der Waals surface area contributed by atoms with Gasteiger partial charge in [0.05, 0.1) is 6.04 Å². The number of aromatic nitrogens is 1. The summed E-state index contributed by atoms with van der Waals surface area (Å²) in [4.78, 5) is 16.3. The van der Waals surface area contributed by atoms with Crippen molar-refractivity contribution in [2.24, 2.45) is 0 Å². The third kappa shape index (κ3) is 4.21. The molecule has 2 heterocycles. The van der Waals surface area contributed by atoms with Crippen molar-refractivity contribution in [3.05, 3.63) is 36.7 Å². The van der Waals surface area contributed by atoms with Gasteiger partial charge in [0.1, 0.15) is 0 Å². The SMILES string of the molecule is COCCCNC(=O)C1CC(Nc2ccc3cnccc3c2)CN1. The number of nitrogens with one attached hydrogen (secondary N) is 3. The number of carbonyl (C=O) groups is 1. The number of hydrogen-bond acceptors (Lipinski definition) is 5. The zero-order valence-electron chi connectivity index (χ0n) is 13.9. The first-order chi connectivity index (χ1) is 11.8. The van der Waals surface area contributed by atoms with Crippen molar-refractivity contribution in [1.82, 2.24) is 15.6 Å². The number of nitrogens with zero attached hydrogens (tertiary/aromatic N) is 1. The quantitative estimate of drug-likeness (QED) is 0.672. The molecule has 6 heteroatoms. The highest BCUT2D eigenvalue weighted by Gasteiger charge is 2.29. The van der Waals surface area contributed by atoms with Crippen molar-refractivity contribution in [1.29, 1.82) is 0 Å². The summed E-state index contributed by atoms with van der Waals surface area (Å²) in [5.74, 6) is 0.0694. The summed E-state index contributed by atoms with van der Waals surface area (Å²) in [6.45, 7) is 2.10. The predicted octanol–water partition coefficient (Wildman–Crippen LogP) is 1.53. The molecule has 1 aromatic heterocycles. The molecule has 1 amide bonds. The highest BCUT2D eigenvalue weighted by molar-refractivity contribution is 5.85. The monoisotopic (exact) mass is 328 g/mol. The fourth-order valence-corrected chi connectivity index (χ4v) is 3.01. The second kappa shape index (κ2) is 8.08. The van der Waals surface area contributed by atoms with E-state index in [-0.39, 0.29) is 18.0 Å². The van der Waals surface area contributed by atoms with Crippen LogP contribution in [0.2, 0.25) is 0 Å². The van der Waals surface area contributed by atoms with Crippen LogP contribution in [0.1, 0.15) is 12.8 Å². The summed E-state index contributed by atoms with van der Waals surface area (Å²) >= 11 is 0. The van der Waals surface area contributed by atoms with Gasteiger partial charge in [0, 0.05) is 56.3 Å². The first-order valence-corrected chi connectivity index (χ1v) is 8.36. The molecule has 1 aromatic carbocycles. The van der Waals surface area contributed by atoms with E-state index < -0.39 is 0 Å². The molecule has 0 spiro atoms. The largest absolute Gasteiger partial charge is 0.385 e. The van der Waals surface area contributed by atoms with E-state index in [1.807, 2.05) is 12.3 Å². The maximum Gasteiger partial charge on any atom is 0.237 e. The average Bonchev–Trinajstić information content (AvgIpc) is 3.07. The van der Waals surface area contributed by atoms with E-state index >= 15 is 0 Å². The van der Waals surface area contributed by atoms with Crippen LogP contribution in [0.3, 0.4) is 0 Å². The Hall–Kier alpha value is -2.18. The number of methoxy groups -OCH3 is 1. The summed E-state index contributed by atoms with van der Waals surface area (Å²) in [6.07, 6.45) is 5.28. The van der Waals surface area contributed by atoms with Gasteiger partial charge < -0.3 is 20.7 Å². The number of fused-ring (bicyclic) bond motifs is 1. The Kier molecular flexibility index (Phi) is 5.61. The van der Waals surface area contributed by atoms with Gasteiger partial charge in [-0.15, -0.1) is 0 Å². The number of benzene rings is 1. The lowest BCUT2D eigenvalue weighted by Gasteiger charge is -2.14. The Bertz CT molecular complexity index is 692. The topological polar surface area (TPSA) is 75.3 Å². The van der Waals surface area contributed by atoms with Crippen LogP contribution in [0.15, 0.2) is 36.7 Å². The van der Waals surface area contributed by atoms with Gasteiger partial charge in [0.2, 0.25) is 5.91 Å². The number of hydrogen-bond donors (Lipinski definition) is 3. The molecule has 1 aliphatic heterocycles. The van der Waals surface area contributed by atoms with Gasteiger partial charge in [-0.3, -0.25) is 9.78 Å². The number of amides is 1. The molecule has 128 valence electrons. The van der Waals surface area contributed by atoms with E-state index in [1.165, 1.54) is 0 Å². The first-order valence-electron chi connectivity index (χ1n) is 8.36. The third-order valence-corrected chi connectivity index (χ3v) is 4.28. The molecular weight excluding hydrogens is 304 g/mol. The van der Waals surface area contributed by atoms with Crippen molar-refractivity contribution in [3.8, 4) is 0 Å². The normalized spacial score (nSPS) is 20.2. The molecule has 1 fully saturated rings. The number of ether oxygens (including phenoxy) is 1. The van der Waals surface area contributed by atoms with E-state index in [2.05, 4.69) is 39.1 Å². The highest BCUT2D eigenvalue weighted by Crippen LogP contribution is 2.20. The fraction of sp³-hybridized carbons (Fsp3) is 0.444. The lowest BCUT2D eigenvalue weighted by molar-refractivity contribution is -0.122. The molecule has 3 N–H and O–H groups in total. The van der Waals surface area contributed by atoms with Crippen LogP contribution in [0.4, 0.5) is 5.69 Å². The molecule has 2 aromatic rings. The molecule has 0 bridgehead atoms. The first kappa shape index (κ1) is 16.7. The van der Waals surface area contributed by atoms with Gasteiger partial charge in [-0.1, -0.05) is 6.07 Å². The Morgan fingerprint density at radius 3 is 3.17 bits per heavy atom. The highest BCUT2D eigenvalue weighted by atomic mass is 16.5. The minimum absolute atomic E-state index is 0.0694. The minimum Gasteiger partial charge on any atom is -0.385 e. The number of pyridine rings is 1. The van der Waals surface area contributed by atoms with Gasteiger partial charge in [-0.2, -0.15) is 0 Å². The molecule has 0 radical (unpaired) electrons. The Morgan fingerprint density at radius 2 is 2.29 bits per heavy atom.